The molecule has 1 saturated carbocycles. The van der Waals surface area contributed by atoms with Gasteiger partial charge in [0, 0.05) is 32.2 Å². The number of benzene rings is 1. The van der Waals surface area contributed by atoms with E-state index in [9.17, 15) is 9.18 Å². The van der Waals surface area contributed by atoms with Crippen LogP contribution in [-0.2, 0) is 4.79 Å². The van der Waals surface area contributed by atoms with Gasteiger partial charge in [-0.05, 0) is 30.9 Å². The van der Waals surface area contributed by atoms with E-state index in [2.05, 4.69) is 22.0 Å². The third kappa shape index (κ3) is 4.26. The number of halogens is 1. The summed E-state index contributed by atoms with van der Waals surface area (Å²) in [5, 5.41) is 3.21. The third-order valence-corrected chi connectivity index (χ3v) is 5.39. The second kappa shape index (κ2) is 7.97. The van der Waals surface area contributed by atoms with Gasteiger partial charge < -0.3 is 10.2 Å². The van der Waals surface area contributed by atoms with Crippen LogP contribution in [0.15, 0.2) is 24.3 Å². The van der Waals surface area contributed by atoms with E-state index in [4.69, 9.17) is 0 Å². The van der Waals surface area contributed by atoms with E-state index >= 15 is 0 Å². The molecule has 2 fully saturated rings. The molecule has 1 aliphatic heterocycles. The Morgan fingerprint density at radius 3 is 2.58 bits per heavy atom. The van der Waals surface area contributed by atoms with Gasteiger partial charge in [0.1, 0.15) is 5.82 Å². The molecule has 3 rings (SSSR count). The fourth-order valence-corrected chi connectivity index (χ4v) is 3.84. The van der Waals surface area contributed by atoms with Crippen LogP contribution in [0.25, 0.3) is 0 Å². The largest absolute Gasteiger partial charge is 0.367 e. The maximum atomic E-state index is 13.9. The van der Waals surface area contributed by atoms with Crippen molar-refractivity contribution in [2.75, 3.05) is 37.6 Å². The molecule has 1 heterocycles. The number of amides is 1. The predicted octanol–water partition coefficient (Wildman–Crippen LogP) is 2.64. The molecule has 5 heteroatoms. The summed E-state index contributed by atoms with van der Waals surface area (Å²) in [6.07, 6.45) is 4.82. The zero-order chi connectivity index (χ0) is 16.9. The number of nitrogens with zero attached hydrogens (tertiary/aromatic N) is 2. The van der Waals surface area contributed by atoms with Crippen molar-refractivity contribution in [2.45, 2.75) is 38.6 Å². The number of nitrogens with one attached hydrogen (secondary N) is 1. The zero-order valence-corrected chi connectivity index (χ0v) is 14.5. The van der Waals surface area contributed by atoms with Crippen LogP contribution >= 0.6 is 0 Å². The maximum absolute atomic E-state index is 13.9. The molecule has 1 N–H and O–H groups in total. The summed E-state index contributed by atoms with van der Waals surface area (Å²) in [5.74, 6) is 0.545. The molecule has 24 heavy (non-hydrogen) atoms. The lowest BCUT2D eigenvalue weighted by Gasteiger charge is -2.36. The van der Waals surface area contributed by atoms with Crippen molar-refractivity contribution in [2.24, 2.45) is 5.92 Å². The number of para-hydroxylation sites is 1. The quantitative estimate of drug-likeness (QED) is 0.920. The first-order chi connectivity index (χ1) is 11.6. The Hall–Kier alpha value is -1.62. The normalized spacial score (nSPS) is 25.5. The van der Waals surface area contributed by atoms with Crippen molar-refractivity contribution in [3.05, 3.63) is 30.1 Å². The van der Waals surface area contributed by atoms with Crippen molar-refractivity contribution in [1.29, 1.82) is 0 Å². The predicted molar refractivity (Wildman–Crippen MR) is 94.6 cm³/mol. The van der Waals surface area contributed by atoms with E-state index in [0.717, 1.165) is 32.6 Å². The Morgan fingerprint density at radius 1 is 1.17 bits per heavy atom. The number of anilines is 1. The van der Waals surface area contributed by atoms with Crippen molar-refractivity contribution >= 4 is 11.6 Å². The fraction of sp³-hybridized carbons (Fsp3) is 0.632. The summed E-state index contributed by atoms with van der Waals surface area (Å²) < 4.78 is 13.9. The van der Waals surface area contributed by atoms with Gasteiger partial charge in [-0.3, -0.25) is 9.69 Å². The Labute approximate surface area is 144 Å². The van der Waals surface area contributed by atoms with Crippen molar-refractivity contribution in [1.82, 2.24) is 10.2 Å². The van der Waals surface area contributed by atoms with Crippen molar-refractivity contribution < 1.29 is 9.18 Å². The number of hydrogen-bond acceptors (Lipinski definition) is 3. The molecule has 132 valence electrons. The minimum Gasteiger partial charge on any atom is -0.367 e. The standard InChI is InChI=1S/C19H28FN3O/c1-15-6-2-4-8-17(15)21-19(24)14-22-10-12-23(13-11-22)18-9-5-3-7-16(18)20/h3,5,7,9,15,17H,2,4,6,8,10-14H2,1H3,(H,21,24)/t15-,17+/m1/s1. The number of carbonyl (C=O) groups is 1. The van der Waals surface area contributed by atoms with Crippen molar-refractivity contribution in [3.63, 3.8) is 0 Å². The van der Waals surface area contributed by atoms with Crippen LogP contribution < -0.4 is 10.2 Å². The van der Waals surface area contributed by atoms with Crippen LogP contribution in [0, 0.1) is 11.7 Å². The molecule has 0 radical (unpaired) electrons. The Morgan fingerprint density at radius 2 is 1.88 bits per heavy atom. The molecule has 1 aliphatic carbocycles. The van der Waals surface area contributed by atoms with E-state index in [1.54, 1.807) is 6.07 Å². The highest BCUT2D eigenvalue weighted by molar-refractivity contribution is 5.78. The van der Waals surface area contributed by atoms with Gasteiger partial charge in [0.05, 0.1) is 12.2 Å². The summed E-state index contributed by atoms with van der Waals surface area (Å²) in [4.78, 5) is 16.5. The molecule has 2 aliphatic rings. The summed E-state index contributed by atoms with van der Waals surface area (Å²) in [7, 11) is 0. The molecule has 2 atom stereocenters. The SMILES string of the molecule is C[C@@H]1CCCC[C@@H]1NC(=O)CN1CCN(c2ccccc2F)CC1. The van der Waals surface area contributed by atoms with Gasteiger partial charge in [0.2, 0.25) is 5.91 Å². The molecule has 0 bridgehead atoms. The summed E-state index contributed by atoms with van der Waals surface area (Å²) in [6, 6.07) is 7.24. The number of rotatable bonds is 4. The first kappa shape index (κ1) is 17.2. The monoisotopic (exact) mass is 333 g/mol. The van der Waals surface area contributed by atoms with Gasteiger partial charge >= 0.3 is 0 Å². The van der Waals surface area contributed by atoms with Crippen LogP contribution in [0.3, 0.4) is 0 Å². The third-order valence-electron chi connectivity index (χ3n) is 5.39. The summed E-state index contributed by atoms with van der Waals surface area (Å²) in [5.41, 5.74) is 0.664. The first-order valence-electron chi connectivity index (χ1n) is 9.14. The van der Waals surface area contributed by atoms with Gasteiger partial charge in [-0.25, -0.2) is 4.39 Å². The number of hydrogen-bond donors (Lipinski definition) is 1. The molecule has 0 aromatic heterocycles. The Kier molecular flexibility index (Phi) is 5.72. The molecule has 4 nitrogen and oxygen atoms in total. The van der Waals surface area contributed by atoms with E-state index in [1.165, 1.54) is 25.3 Å². The van der Waals surface area contributed by atoms with Crippen LogP contribution in [0.2, 0.25) is 0 Å². The fourth-order valence-electron chi connectivity index (χ4n) is 3.84. The zero-order valence-electron chi connectivity index (χ0n) is 14.5. The van der Waals surface area contributed by atoms with Gasteiger partial charge in [-0.2, -0.15) is 0 Å². The minimum absolute atomic E-state index is 0.132. The van der Waals surface area contributed by atoms with Crippen LogP contribution in [0.4, 0.5) is 10.1 Å². The Bertz CT molecular complexity index is 557. The van der Waals surface area contributed by atoms with E-state index in [0.29, 0.717) is 24.2 Å². The van der Waals surface area contributed by atoms with Gasteiger partial charge in [-0.1, -0.05) is 31.9 Å². The van der Waals surface area contributed by atoms with Gasteiger partial charge in [0.25, 0.3) is 0 Å². The van der Waals surface area contributed by atoms with E-state index in [-0.39, 0.29) is 11.7 Å². The molecule has 0 unspecified atom stereocenters. The van der Waals surface area contributed by atoms with Gasteiger partial charge in [0.15, 0.2) is 0 Å². The van der Waals surface area contributed by atoms with E-state index < -0.39 is 0 Å². The molecule has 1 aromatic carbocycles. The number of carbonyl (C=O) groups excluding carboxylic acids is 1. The highest BCUT2D eigenvalue weighted by atomic mass is 19.1. The highest BCUT2D eigenvalue weighted by Crippen LogP contribution is 2.24. The lowest BCUT2D eigenvalue weighted by atomic mass is 9.86. The maximum Gasteiger partial charge on any atom is 0.234 e. The van der Waals surface area contributed by atoms with Crippen molar-refractivity contribution in [3.8, 4) is 0 Å². The second-order valence-corrected chi connectivity index (χ2v) is 7.15. The second-order valence-electron chi connectivity index (χ2n) is 7.15. The topological polar surface area (TPSA) is 35.6 Å². The molecule has 1 saturated heterocycles. The Balaban J connectivity index is 1.45. The lowest BCUT2D eigenvalue weighted by molar-refractivity contribution is -0.123. The van der Waals surface area contributed by atoms with Crippen LogP contribution in [-0.4, -0.2) is 49.6 Å². The van der Waals surface area contributed by atoms with Gasteiger partial charge in [-0.15, -0.1) is 0 Å². The molecular weight excluding hydrogens is 305 g/mol. The molecule has 1 aromatic rings. The highest BCUT2D eigenvalue weighted by Gasteiger charge is 2.25. The van der Waals surface area contributed by atoms with Crippen LogP contribution in [0.1, 0.15) is 32.6 Å². The molecular formula is C19H28FN3O. The molecule has 1 amide bonds. The average molecular weight is 333 g/mol. The lowest BCUT2D eigenvalue weighted by Crippen LogP contribution is -2.51. The smallest absolute Gasteiger partial charge is 0.234 e. The van der Waals surface area contributed by atoms with Crippen LogP contribution in [0.5, 0.6) is 0 Å². The number of piperazine rings is 1. The first-order valence-corrected chi connectivity index (χ1v) is 9.14. The minimum atomic E-state index is -0.171. The summed E-state index contributed by atoms with van der Waals surface area (Å²) >= 11 is 0. The summed E-state index contributed by atoms with van der Waals surface area (Å²) in [6.45, 7) is 5.79. The van der Waals surface area contributed by atoms with E-state index in [1.807, 2.05) is 12.1 Å². The molecule has 0 spiro atoms. The average Bonchev–Trinajstić information content (AvgIpc) is 2.58.